The maximum atomic E-state index is 13.6. The van der Waals surface area contributed by atoms with Crippen LogP contribution in [0.3, 0.4) is 0 Å². The highest BCUT2D eigenvalue weighted by atomic mass is 35.5. The Morgan fingerprint density at radius 2 is 1.64 bits per heavy atom. The van der Waals surface area contributed by atoms with Gasteiger partial charge in [-0.05, 0) is 42.5 Å². The quantitative estimate of drug-likeness (QED) is 0.465. The maximum absolute atomic E-state index is 13.6. The molecule has 1 saturated heterocycles. The molecule has 172 valence electrons. The highest BCUT2D eigenvalue weighted by Gasteiger charge is 2.27. The molecular weight excluding hydrogens is 460 g/mol. The first kappa shape index (κ1) is 23.1. The number of benzene rings is 3. The molecule has 1 N–H and O–H groups in total. The number of para-hydroxylation sites is 2. The van der Waals surface area contributed by atoms with E-state index in [1.807, 2.05) is 42.5 Å². The van der Waals surface area contributed by atoms with Crippen molar-refractivity contribution in [2.75, 3.05) is 38.2 Å². The number of ether oxygens (including phenoxy) is 1. The molecule has 7 nitrogen and oxygen atoms in total. The molecule has 2 heterocycles. The number of fused-ring (bicyclic) bond motifs is 1. The van der Waals surface area contributed by atoms with Crippen LogP contribution < -0.4 is 15.0 Å². The third kappa shape index (κ3) is 4.17. The van der Waals surface area contributed by atoms with Crippen molar-refractivity contribution in [3.05, 3.63) is 72.8 Å². The number of hydrogen-bond donors (Lipinski definition) is 1. The van der Waals surface area contributed by atoms with Gasteiger partial charge in [0.05, 0.1) is 17.5 Å². The van der Waals surface area contributed by atoms with E-state index < -0.39 is 9.84 Å². The summed E-state index contributed by atoms with van der Waals surface area (Å²) >= 11 is 0. The minimum atomic E-state index is -3.82. The molecule has 5 rings (SSSR count). The van der Waals surface area contributed by atoms with Gasteiger partial charge in [-0.25, -0.2) is 13.1 Å². The van der Waals surface area contributed by atoms with Crippen LogP contribution in [-0.2, 0) is 9.84 Å². The van der Waals surface area contributed by atoms with Gasteiger partial charge in [-0.2, -0.15) is 5.10 Å². The van der Waals surface area contributed by atoms with Gasteiger partial charge in [0.25, 0.3) is 0 Å². The largest absolute Gasteiger partial charge is 0.494 e. The zero-order chi connectivity index (χ0) is 22.1. The number of hydrogen-bond acceptors (Lipinski definition) is 6. The number of nitrogens with zero attached hydrogens (tertiary/aromatic N) is 3. The van der Waals surface area contributed by atoms with Crippen molar-refractivity contribution < 1.29 is 13.2 Å². The van der Waals surface area contributed by atoms with E-state index in [0.717, 1.165) is 31.9 Å². The van der Waals surface area contributed by atoms with Gasteiger partial charge in [-0.15, -0.1) is 12.4 Å². The number of aromatic nitrogens is 2. The normalized spacial score (nSPS) is 14.2. The zero-order valence-corrected chi connectivity index (χ0v) is 19.8. The standard InChI is InChI=1S/C24H24N4O3S.ClH/c1-31-23-10-6-5-9-22(23)28-21-12-11-18(27-15-13-25-14-16-27)17-20(21)24(26-28)32(29,30)19-7-3-2-4-8-19;/h2-12,17,25H,13-16H2,1H3;1H. The number of methoxy groups -OCH3 is 1. The van der Waals surface area contributed by atoms with Crippen molar-refractivity contribution in [1.29, 1.82) is 0 Å². The Labute approximate surface area is 199 Å². The fraction of sp³-hybridized carbons (Fsp3) is 0.208. The molecule has 4 aromatic rings. The van der Waals surface area contributed by atoms with Crippen molar-refractivity contribution in [1.82, 2.24) is 15.1 Å². The summed E-state index contributed by atoms with van der Waals surface area (Å²) in [5.74, 6) is 0.617. The van der Waals surface area contributed by atoms with Crippen LogP contribution in [0.5, 0.6) is 5.75 Å². The summed E-state index contributed by atoms with van der Waals surface area (Å²) in [6.45, 7) is 3.53. The van der Waals surface area contributed by atoms with Crippen LogP contribution >= 0.6 is 12.4 Å². The van der Waals surface area contributed by atoms with Crippen molar-refractivity contribution in [3.8, 4) is 11.4 Å². The molecule has 0 atom stereocenters. The van der Waals surface area contributed by atoms with Gasteiger partial charge in [-0.1, -0.05) is 30.3 Å². The molecule has 1 aliphatic rings. The fourth-order valence-corrected chi connectivity index (χ4v) is 5.48. The summed E-state index contributed by atoms with van der Waals surface area (Å²) in [7, 11) is -2.23. The van der Waals surface area contributed by atoms with Gasteiger partial charge in [0.15, 0.2) is 5.03 Å². The van der Waals surface area contributed by atoms with Crippen LogP contribution in [0.25, 0.3) is 16.6 Å². The Balaban J connectivity index is 0.00000259. The second-order valence-electron chi connectivity index (χ2n) is 7.64. The van der Waals surface area contributed by atoms with Crippen molar-refractivity contribution in [3.63, 3.8) is 0 Å². The Morgan fingerprint density at radius 1 is 0.939 bits per heavy atom. The average Bonchev–Trinajstić information content (AvgIpc) is 3.24. The summed E-state index contributed by atoms with van der Waals surface area (Å²) in [5.41, 5.74) is 2.38. The second kappa shape index (κ2) is 9.43. The fourth-order valence-electron chi connectivity index (χ4n) is 4.10. The molecule has 0 aliphatic carbocycles. The zero-order valence-electron chi connectivity index (χ0n) is 18.1. The van der Waals surface area contributed by atoms with E-state index in [9.17, 15) is 8.42 Å². The van der Waals surface area contributed by atoms with Gasteiger partial charge in [0.2, 0.25) is 9.84 Å². The van der Waals surface area contributed by atoms with Crippen LogP contribution in [0.1, 0.15) is 0 Å². The minimum absolute atomic E-state index is 0. The van der Waals surface area contributed by atoms with Crippen molar-refractivity contribution >= 4 is 38.8 Å². The maximum Gasteiger partial charge on any atom is 0.226 e. The summed E-state index contributed by atoms with van der Waals surface area (Å²) in [4.78, 5) is 2.48. The van der Waals surface area contributed by atoms with Gasteiger partial charge in [0, 0.05) is 37.3 Å². The molecule has 33 heavy (non-hydrogen) atoms. The number of anilines is 1. The monoisotopic (exact) mass is 484 g/mol. The molecule has 1 aliphatic heterocycles. The molecule has 0 amide bonds. The molecule has 0 saturated carbocycles. The minimum Gasteiger partial charge on any atom is -0.494 e. The van der Waals surface area contributed by atoms with Gasteiger partial charge in [0.1, 0.15) is 11.4 Å². The van der Waals surface area contributed by atoms with E-state index >= 15 is 0 Å². The van der Waals surface area contributed by atoms with Gasteiger partial charge < -0.3 is 15.0 Å². The lowest BCUT2D eigenvalue weighted by molar-refractivity contribution is 0.412. The number of rotatable bonds is 5. The first-order valence-electron chi connectivity index (χ1n) is 10.5. The molecule has 0 unspecified atom stereocenters. The SMILES string of the molecule is COc1ccccc1-n1nc(S(=O)(=O)c2ccccc2)c2cc(N3CCNCC3)ccc21.Cl. The van der Waals surface area contributed by atoms with Crippen LogP contribution in [0.2, 0.25) is 0 Å². The van der Waals surface area contributed by atoms with Crippen LogP contribution in [0.15, 0.2) is 82.7 Å². The van der Waals surface area contributed by atoms with E-state index in [4.69, 9.17) is 4.74 Å². The topological polar surface area (TPSA) is 76.5 Å². The molecule has 9 heteroatoms. The average molecular weight is 485 g/mol. The van der Waals surface area contributed by atoms with Crippen molar-refractivity contribution in [2.24, 2.45) is 0 Å². The van der Waals surface area contributed by atoms with Crippen LogP contribution in [0.4, 0.5) is 5.69 Å². The highest BCUT2D eigenvalue weighted by molar-refractivity contribution is 7.91. The molecule has 1 aromatic heterocycles. The number of piperazine rings is 1. The summed E-state index contributed by atoms with van der Waals surface area (Å²) in [5, 5.41) is 8.61. The van der Waals surface area contributed by atoms with E-state index in [2.05, 4.69) is 15.3 Å². The first-order valence-corrected chi connectivity index (χ1v) is 12.0. The van der Waals surface area contributed by atoms with E-state index in [0.29, 0.717) is 22.3 Å². The third-order valence-electron chi connectivity index (χ3n) is 5.73. The lowest BCUT2D eigenvalue weighted by Gasteiger charge is -2.29. The molecule has 0 bridgehead atoms. The van der Waals surface area contributed by atoms with E-state index in [1.54, 1.807) is 42.1 Å². The lowest BCUT2D eigenvalue weighted by atomic mass is 10.2. The van der Waals surface area contributed by atoms with Crippen molar-refractivity contribution in [2.45, 2.75) is 9.92 Å². The Hall–Kier alpha value is -3.07. The summed E-state index contributed by atoms with van der Waals surface area (Å²) < 4.78 is 34.4. The molecule has 0 spiro atoms. The van der Waals surface area contributed by atoms with Gasteiger partial charge in [-0.3, -0.25) is 0 Å². The number of nitrogens with one attached hydrogen (secondary N) is 1. The highest BCUT2D eigenvalue weighted by Crippen LogP contribution is 2.34. The summed E-state index contributed by atoms with van der Waals surface area (Å²) in [6, 6.07) is 21.8. The smallest absolute Gasteiger partial charge is 0.226 e. The van der Waals surface area contributed by atoms with Crippen LogP contribution in [0, 0.1) is 0 Å². The number of sulfone groups is 1. The third-order valence-corrected chi connectivity index (χ3v) is 7.44. The van der Waals surface area contributed by atoms with E-state index in [-0.39, 0.29) is 22.3 Å². The molecule has 0 radical (unpaired) electrons. The predicted octanol–water partition coefficient (Wildman–Crippen LogP) is 3.70. The molecular formula is C24H25ClN4O3S. The van der Waals surface area contributed by atoms with Gasteiger partial charge >= 0.3 is 0 Å². The Morgan fingerprint density at radius 3 is 2.36 bits per heavy atom. The predicted molar refractivity (Wildman–Crippen MR) is 132 cm³/mol. The second-order valence-corrected chi connectivity index (χ2v) is 9.51. The Bertz CT molecular complexity index is 1370. The summed E-state index contributed by atoms with van der Waals surface area (Å²) in [6.07, 6.45) is 0. The van der Waals surface area contributed by atoms with Crippen LogP contribution in [-0.4, -0.2) is 51.5 Å². The lowest BCUT2D eigenvalue weighted by Crippen LogP contribution is -2.43. The Kier molecular flexibility index (Phi) is 6.60. The molecule has 1 fully saturated rings. The first-order chi connectivity index (χ1) is 15.6. The molecule has 3 aromatic carbocycles. The number of halogens is 1. The van der Waals surface area contributed by atoms with E-state index in [1.165, 1.54) is 0 Å².